The van der Waals surface area contributed by atoms with E-state index in [1.54, 1.807) is 7.05 Å². The molecule has 5 heteroatoms. The first-order valence-electron chi connectivity index (χ1n) is 9.34. The van der Waals surface area contributed by atoms with Gasteiger partial charge in [-0.15, -0.1) is 0 Å². The Morgan fingerprint density at radius 3 is 2.52 bits per heavy atom. The molecular weight excluding hydrogens is 314 g/mol. The summed E-state index contributed by atoms with van der Waals surface area (Å²) in [5.74, 6) is 1.40. The third kappa shape index (κ3) is 10.1. The van der Waals surface area contributed by atoms with E-state index in [2.05, 4.69) is 60.7 Å². The Morgan fingerprint density at radius 2 is 1.84 bits per heavy atom. The smallest absolute Gasteiger partial charge is 0.191 e. The van der Waals surface area contributed by atoms with Crippen molar-refractivity contribution in [2.75, 3.05) is 33.4 Å². The molecular formula is C20H35N3O2. The van der Waals surface area contributed by atoms with E-state index in [4.69, 9.17) is 9.47 Å². The highest BCUT2D eigenvalue weighted by Gasteiger charge is 2.04. The third-order valence-corrected chi connectivity index (χ3v) is 3.60. The van der Waals surface area contributed by atoms with Crippen LogP contribution in [-0.2, 0) is 22.6 Å². The van der Waals surface area contributed by atoms with Gasteiger partial charge in [-0.3, -0.25) is 4.99 Å². The molecule has 0 radical (unpaired) electrons. The van der Waals surface area contributed by atoms with Crippen LogP contribution in [0.3, 0.4) is 0 Å². The average molecular weight is 350 g/mol. The molecule has 0 fully saturated rings. The second-order valence-corrected chi connectivity index (χ2v) is 6.50. The average Bonchev–Trinajstić information content (AvgIpc) is 2.61. The van der Waals surface area contributed by atoms with Gasteiger partial charge in [-0.1, -0.05) is 45.0 Å². The van der Waals surface area contributed by atoms with Crippen molar-refractivity contribution >= 4 is 5.96 Å². The van der Waals surface area contributed by atoms with E-state index < -0.39 is 0 Å². The second kappa shape index (κ2) is 13.7. The zero-order chi connectivity index (χ0) is 18.3. The molecule has 25 heavy (non-hydrogen) atoms. The fraction of sp³-hybridized carbons (Fsp3) is 0.650. The number of guanidine groups is 1. The van der Waals surface area contributed by atoms with Gasteiger partial charge in [0.25, 0.3) is 0 Å². The monoisotopic (exact) mass is 349 g/mol. The van der Waals surface area contributed by atoms with Crippen LogP contribution in [0.4, 0.5) is 0 Å². The van der Waals surface area contributed by atoms with Gasteiger partial charge in [0.2, 0.25) is 0 Å². The summed E-state index contributed by atoms with van der Waals surface area (Å²) >= 11 is 0. The zero-order valence-corrected chi connectivity index (χ0v) is 16.3. The largest absolute Gasteiger partial charge is 0.381 e. The predicted molar refractivity (Wildman–Crippen MR) is 105 cm³/mol. The summed E-state index contributed by atoms with van der Waals surface area (Å²) in [4.78, 5) is 4.28. The van der Waals surface area contributed by atoms with Gasteiger partial charge < -0.3 is 20.1 Å². The molecule has 0 bridgehead atoms. The van der Waals surface area contributed by atoms with E-state index in [-0.39, 0.29) is 0 Å². The number of rotatable bonds is 12. The minimum atomic E-state index is 0.587. The van der Waals surface area contributed by atoms with Gasteiger partial charge in [-0.2, -0.15) is 0 Å². The first-order valence-corrected chi connectivity index (χ1v) is 9.34. The fourth-order valence-electron chi connectivity index (χ4n) is 2.30. The topological polar surface area (TPSA) is 54.9 Å². The van der Waals surface area contributed by atoms with E-state index in [9.17, 15) is 0 Å². The lowest BCUT2D eigenvalue weighted by Crippen LogP contribution is -2.37. The molecule has 0 atom stereocenters. The van der Waals surface area contributed by atoms with Gasteiger partial charge in [0.05, 0.1) is 6.61 Å². The fourth-order valence-corrected chi connectivity index (χ4v) is 2.30. The molecule has 1 aromatic carbocycles. The van der Waals surface area contributed by atoms with Crippen molar-refractivity contribution in [3.05, 3.63) is 35.4 Å². The van der Waals surface area contributed by atoms with Crippen molar-refractivity contribution in [3.8, 4) is 0 Å². The Kier molecular flexibility index (Phi) is 11.7. The number of hydrogen-bond donors (Lipinski definition) is 2. The molecule has 142 valence electrons. The van der Waals surface area contributed by atoms with E-state index in [1.807, 2.05) is 0 Å². The maximum Gasteiger partial charge on any atom is 0.191 e. The maximum atomic E-state index is 5.67. The first-order chi connectivity index (χ1) is 12.2. The summed E-state index contributed by atoms with van der Waals surface area (Å²) in [5.41, 5.74) is 2.46. The summed E-state index contributed by atoms with van der Waals surface area (Å²) in [6.45, 7) is 11.1. The van der Waals surface area contributed by atoms with Crippen LogP contribution in [0, 0.1) is 5.92 Å². The minimum Gasteiger partial charge on any atom is -0.381 e. The molecule has 0 amide bonds. The molecule has 1 rings (SSSR count). The molecule has 0 heterocycles. The molecule has 0 spiro atoms. The van der Waals surface area contributed by atoms with Gasteiger partial charge in [-0.25, -0.2) is 0 Å². The third-order valence-electron chi connectivity index (χ3n) is 3.60. The van der Waals surface area contributed by atoms with Crippen molar-refractivity contribution in [1.82, 2.24) is 10.6 Å². The van der Waals surface area contributed by atoms with Crippen LogP contribution in [0.1, 0.15) is 44.7 Å². The number of aliphatic imine (C=N–C) groups is 1. The van der Waals surface area contributed by atoms with Gasteiger partial charge in [-0.05, 0) is 29.9 Å². The van der Waals surface area contributed by atoms with Crippen LogP contribution >= 0.6 is 0 Å². The Bertz CT molecular complexity index is 490. The SMILES string of the molecule is CCCOCc1ccccc1CNC(=NC)NCCCOCC(C)C. The Balaban J connectivity index is 2.32. The normalized spacial score (nSPS) is 11.8. The summed E-state index contributed by atoms with van der Waals surface area (Å²) < 4.78 is 11.3. The lowest BCUT2D eigenvalue weighted by Gasteiger charge is -2.14. The predicted octanol–water partition coefficient (Wildman–Crippen LogP) is 3.34. The van der Waals surface area contributed by atoms with Gasteiger partial charge in [0.15, 0.2) is 5.96 Å². The van der Waals surface area contributed by atoms with Crippen LogP contribution < -0.4 is 10.6 Å². The molecule has 5 nitrogen and oxygen atoms in total. The van der Waals surface area contributed by atoms with Gasteiger partial charge in [0.1, 0.15) is 0 Å². The van der Waals surface area contributed by atoms with Crippen LogP contribution in [-0.4, -0.2) is 39.4 Å². The summed E-state index contributed by atoms with van der Waals surface area (Å²) in [7, 11) is 1.79. The molecule has 0 aliphatic rings. The number of nitrogens with zero attached hydrogens (tertiary/aromatic N) is 1. The second-order valence-electron chi connectivity index (χ2n) is 6.50. The first kappa shape index (κ1) is 21.5. The van der Waals surface area contributed by atoms with Crippen molar-refractivity contribution < 1.29 is 9.47 Å². The quantitative estimate of drug-likeness (QED) is 0.345. The summed E-state index contributed by atoms with van der Waals surface area (Å²) in [6.07, 6.45) is 2.01. The highest BCUT2D eigenvalue weighted by molar-refractivity contribution is 5.79. The molecule has 0 aliphatic carbocycles. The molecule has 1 aromatic rings. The number of ether oxygens (including phenoxy) is 2. The molecule has 0 unspecified atom stereocenters. The summed E-state index contributed by atoms with van der Waals surface area (Å²) in [6, 6.07) is 8.36. The maximum absolute atomic E-state index is 5.67. The lowest BCUT2D eigenvalue weighted by molar-refractivity contribution is 0.108. The minimum absolute atomic E-state index is 0.587. The van der Waals surface area contributed by atoms with Crippen molar-refractivity contribution in [2.45, 2.75) is 46.8 Å². The standard InChI is InChI=1S/C20H35N3O2/c1-5-12-24-16-19-10-7-6-9-18(19)14-23-20(21-4)22-11-8-13-25-15-17(2)3/h6-7,9-10,17H,5,8,11-16H2,1-4H3,(H2,21,22,23). The van der Waals surface area contributed by atoms with Crippen molar-refractivity contribution in [3.63, 3.8) is 0 Å². The molecule has 0 aromatic heterocycles. The van der Waals surface area contributed by atoms with Crippen LogP contribution in [0.15, 0.2) is 29.3 Å². The van der Waals surface area contributed by atoms with E-state index in [1.165, 1.54) is 11.1 Å². The summed E-state index contributed by atoms with van der Waals surface area (Å²) in [5, 5.41) is 6.70. The van der Waals surface area contributed by atoms with Gasteiger partial charge in [0, 0.05) is 40.0 Å². The molecule has 0 aliphatic heterocycles. The van der Waals surface area contributed by atoms with Gasteiger partial charge >= 0.3 is 0 Å². The number of hydrogen-bond acceptors (Lipinski definition) is 3. The van der Waals surface area contributed by atoms with E-state index in [0.29, 0.717) is 12.5 Å². The van der Waals surface area contributed by atoms with Crippen LogP contribution in [0.25, 0.3) is 0 Å². The van der Waals surface area contributed by atoms with Crippen molar-refractivity contribution in [1.29, 1.82) is 0 Å². The highest BCUT2D eigenvalue weighted by Crippen LogP contribution is 2.10. The number of benzene rings is 1. The van der Waals surface area contributed by atoms with Crippen LogP contribution in [0.2, 0.25) is 0 Å². The highest BCUT2D eigenvalue weighted by atomic mass is 16.5. The Labute approximate surface area is 153 Å². The molecule has 0 saturated carbocycles. The van der Waals surface area contributed by atoms with E-state index >= 15 is 0 Å². The molecule has 0 saturated heterocycles. The van der Waals surface area contributed by atoms with E-state index in [0.717, 1.165) is 51.7 Å². The lowest BCUT2D eigenvalue weighted by atomic mass is 10.1. The molecule has 2 N–H and O–H groups in total. The Hall–Kier alpha value is -1.59. The zero-order valence-electron chi connectivity index (χ0n) is 16.3. The van der Waals surface area contributed by atoms with Crippen LogP contribution in [0.5, 0.6) is 0 Å². The number of nitrogens with one attached hydrogen (secondary N) is 2. The van der Waals surface area contributed by atoms with Crippen molar-refractivity contribution in [2.24, 2.45) is 10.9 Å². The Morgan fingerprint density at radius 1 is 1.08 bits per heavy atom.